The lowest BCUT2D eigenvalue weighted by molar-refractivity contribution is 0.387. The van der Waals surface area contributed by atoms with E-state index in [1.807, 2.05) is 6.07 Å². The van der Waals surface area contributed by atoms with E-state index in [0.29, 0.717) is 0 Å². The van der Waals surface area contributed by atoms with Gasteiger partial charge in [-0.1, -0.05) is 41.8 Å². The monoisotopic (exact) mass is 306 g/mol. The summed E-state index contributed by atoms with van der Waals surface area (Å²) < 4.78 is 11.3. The van der Waals surface area contributed by atoms with Crippen LogP contribution in [0, 0.1) is 0 Å². The minimum Gasteiger partial charge on any atom is -0.321 e. The highest BCUT2D eigenvalue weighted by atomic mass is 33.1. The van der Waals surface area contributed by atoms with Crippen molar-refractivity contribution in [2.75, 3.05) is 5.75 Å². The lowest BCUT2D eigenvalue weighted by atomic mass is 10.1. The maximum Gasteiger partial charge on any atom is 0.356 e. The Morgan fingerprint density at radius 1 is 1.11 bits per heavy atom. The molecule has 0 radical (unpaired) electrons. The summed E-state index contributed by atoms with van der Waals surface area (Å²) in [7, 11) is -2.58. The molecule has 1 aromatic carbocycles. The van der Waals surface area contributed by atoms with Gasteiger partial charge >= 0.3 is 7.60 Å². The topological polar surface area (TPSA) is 57.5 Å². The van der Waals surface area contributed by atoms with Gasteiger partial charge in [-0.2, -0.15) is 0 Å². The normalized spacial score (nSPS) is 11.7. The molecular weight excluding hydrogens is 287 g/mol. The van der Waals surface area contributed by atoms with Gasteiger partial charge in [0.25, 0.3) is 0 Å². The zero-order valence-electron chi connectivity index (χ0n) is 10.2. The molecule has 0 aliphatic rings. The molecule has 0 atom stereocenters. The van der Waals surface area contributed by atoms with E-state index in [4.69, 9.17) is 0 Å². The fraction of sp³-hybridized carbons (Fsp3) is 0.500. The molecule has 0 bridgehead atoms. The van der Waals surface area contributed by atoms with Gasteiger partial charge in [0.2, 0.25) is 0 Å². The first-order chi connectivity index (χ1) is 8.55. The fourth-order valence-corrected chi connectivity index (χ4v) is 3.40. The lowest BCUT2D eigenvalue weighted by Crippen LogP contribution is -2.10. The summed E-state index contributed by atoms with van der Waals surface area (Å²) in [5, 5.41) is 0.177. The molecule has 18 heavy (non-hydrogen) atoms. The molecule has 0 saturated carbocycles. The van der Waals surface area contributed by atoms with Crippen molar-refractivity contribution in [3.63, 3.8) is 0 Å². The van der Waals surface area contributed by atoms with Crippen LogP contribution in [0.15, 0.2) is 24.3 Å². The summed E-state index contributed by atoms with van der Waals surface area (Å²) in [6.07, 6.45) is 5.08. The summed E-state index contributed by atoms with van der Waals surface area (Å²) in [5.41, 5.74) is 0.773. The molecule has 1 aromatic rings. The third-order valence-electron chi connectivity index (χ3n) is 2.74. The summed E-state index contributed by atoms with van der Waals surface area (Å²) >= 11 is 4.08. The molecule has 2 N–H and O–H groups in total. The molecule has 0 saturated heterocycles. The Hall–Kier alpha value is 0.0700. The highest BCUT2D eigenvalue weighted by Crippen LogP contribution is 2.34. The van der Waals surface area contributed by atoms with Gasteiger partial charge in [0.1, 0.15) is 0 Å². The Balaban J connectivity index is 2.45. The van der Waals surface area contributed by atoms with Crippen LogP contribution in [-0.2, 0) is 11.0 Å². The lowest BCUT2D eigenvalue weighted by Gasteiger charge is -2.10. The number of rotatable bonds is 8. The van der Waals surface area contributed by atoms with Crippen molar-refractivity contribution in [3.8, 4) is 0 Å². The van der Waals surface area contributed by atoms with Crippen LogP contribution in [-0.4, -0.2) is 15.5 Å². The molecule has 1 rings (SSSR count). The second-order valence-corrected chi connectivity index (χ2v) is 7.18. The van der Waals surface area contributed by atoms with Crippen LogP contribution in [0.25, 0.3) is 0 Å². The van der Waals surface area contributed by atoms with Crippen molar-refractivity contribution in [1.82, 2.24) is 0 Å². The Morgan fingerprint density at radius 2 is 1.78 bits per heavy atom. The van der Waals surface area contributed by atoms with Crippen molar-refractivity contribution >= 4 is 35.4 Å². The Kier molecular flexibility index (Phi) is 7.42. The number of aryl methyl sites for hydroxylation is 1. The van der Waals surface area contributed by atoms with Gasteiger partial charge < -0.3 is 9.79 Å². The molecule has 0 aliphatic carbocycles. The van der Waals surface area contributed by atoms with Crippen LogP contribution in [0.4, 0.5) is 0 Å². The highest BCUT2D eigenvalue weighted by molar-refractivity contribution is 8.68. The first kappa shape index (κ1) is 16.1. The number of hydrogen-bond donors (Lipinski definition) is 3. The quantitative estimate of drug-likeness (QED) is 0.299. The molecule has 0 fully saturated rings. The van der Waals surface area contributed by atoms with Gasteiger partial charge in [0, 0.05) is 5.75 Å². The maximum absolute atomic E-state index is 11.3. The molecule has 0 heterocycles. The van der Waals surface area contributed by atoms with Gasteiger partial charge in [-0.3, -0.25) is 4.57 Å². The molecule has 102 valence electrons. The van der Waals surface area contributed by atoms with Gasteiger partial charge in [0.05, 0.1) is 5.30 Å². The molecule has 0 unspecified atom stereocenters. The van der Waals surface area contributed by atoms with Crippen LogP contribution in [0.2, 0.25) is 0 Å². The average Bonchev–Trinajstić information content (AvgIpc) is 2.33. The number of hydrogen-bond acceptors (Lipinski definition) is 3. The standard InChI is InChI=1S/C12H19O3PS2/c13-16(14,15)12-9-5-4-8-11(12)7-3-1-2-6-10-18-17/h4-5,8-9,17H,1-3,6-7,10H2,(H2,13,14,15). The zero-order valence-corrected chi connectivity index (χ0v) is 12.8. The first-order valence-corrected chi connectivity index (χ1v) is 9.61. The van der Waals surface area contributed by atoms with E-state index in [0.717, 1.165) is 43.4 Å². The van der Waals surface area contributed by atoms with Crippen LogP contribution < -0.4 is 5.30 Å². The van der Waals surface area contributed by atoms with E-state index >= 15 is 0 Å². The van der Waals surface area contributed by atoms with Crippen LogP contribution in [0.1, 0.15) is 31.2 Å². The summed E-state index contributed by atoms with van der Waals surface area (Å²) in [4.78, 5) is 18.5. The third-order valence-corrected chi connectivity index (χ3v) is 4.82. The number of thiol groups is 1. The highest BCUT2D eigenvalue weighted by Gasteiger charge is 2.20. The van der Waals surface area contributed by atoms with Gasteiger partial charge in [-0.15, -0.1) is 11.7 Å². The van der Waals surface area contributed by atoms with E-state index in [1.54, 1.807) is 22.9 Å². The largest absolute Gasteiger partial charge is 0.356 e. The zero-order chi connectivity index (χ0) is 13.4. The van der Waals surface area contributed by atoms with E-state index in [-0.39, 0.29) is 5.30 Å². The average molecular weight is 306 g/mol. The van der Waals surface area contributed by atoms with Crippen LogP contribution >= 0.6 is 30.1 Å². The predicted molar refractivity (Wildman–Crippen MR) is 81.7 cm³/mol. The molecule has 0 amide bonds. The fourth-order valence-electron chi connectivity index (χ4n) is 1.84. The van der Waals surface area contributed by atoms with Crippen LogP contribution in [0.5, 0.6) is 0 Å². The van der Waals surface area contributed by atoms with Gasteiger partial charge in [-0.25, -0.2) is 0 Å². The maximum atomic E-state index is 11.3. The SMILES string of the molecule is O=P(O)(O)c1ccccc1CCCCCCSS. The summed E-state index contributed by atoms with van der Waals surface area (Å²) in [5.74, 6) is 1.06. The van der Waals surface area contributed by atoms with E-state index in [9.17, 15) is 14.4 Å². The minimum absolute atomic E-state index is 0.177. The molecule has 0 aliphatic heterocycles. The minimum atomic E-state index is -4.14. The van der Waals surface area contributed by atoms with Crippen molar-refractivity contribution in [1.29, 1.82) is 0 Å². The van der Waals surface area contributed by atoms with Crippen molar-refractivity contribution < 1.29 is 14.4 Å². The molecule has 6 heteroatoms. The Morgan fingerprint density at radius 3 is 2.44 bits per heavy atom. The molecular formula is C12H19O3PS2. The van der Waals surface area contributed by atoms with E-state index in [2.05, 4.69) is 11.7 Å². The van der Waals surface area contributed by atoms with E-state index < -0.39 is 7.60 Å². The van der Waals surface area contributed by atoms with Crippen molar-refractivity contribution in [3.05, 3.63) is 29.8 Å². The number of benzene rings is 1. The first-order valence-electron chi connectivity index (χ1n) is 5.96. The Bertz CT molecular complexity index is 406. The van der Waals surface area contributed by atoms with Gasteiger partial charge in [0.15, 0.2) is 0 Å². The second-order valence-electron chi connectivity index (χ2n) is 4.17. The molecule has 0 spiro atoms. The summed E-state index contributed by atoms with van der Waals surface area (Å²) in [6.45, 7) is 0. The number of unbranched alkanes of at least 4 members (excludes halogenated alkanes) is 3. The van der Waals surface area contributed by atoms with Crippen molar-refractivity contribution in [2.45, 2.75) is 32.1 Å². The Labute approximate surface area is 117 Å². The second kappa shape index (κ2) is 8.28. The smallest absolute Gasteiger partial charge is 0.321 e. The molecule has 3 nitrogen and oxygen atoms in total. The van der Waals surface area contributed by atoms with Gasteiger partial charge in [-0.05, 0) is 30.9 Å². The van der Waals surface area contributed by atoms with Crippen molar-refractivity contribution in [2.24, 2.45) is 0 Å². The third kappa shape index (κ3) is 5.81. The molecule has 0 aromatic heterocycles. The predicted octanol–water partition coefficient (Wildman–Crippen LogP) is 3.17. The van der Waals surface area contributed by atoms with E-state index in [1.165, 1.54) is 6.07 Å². The summed E-state index contributed by atoms with van der Waals surface area (Å²) in [6, 6.07) is 6.82. The van der Waals surface area contributed by atoms with Crippen LogP contribution in [0.3, 0.4) is 0 Å².